The second-order valence-electron chi connectivity index (χ2n) is 8.99. The molecule has 0 aromatic heterocycles. The summed E-state index contributed by atoms with van der Waals surface area (Å²) in [5, 5.41) is 0. The maximum Gasteiger partial charge on any atom is 0.217 e. The third-order valence-corrected chi connectivity index (χ3v) is 4.93. The Bertz CT molecular complexity index is 742. The zero-order chi connectivity index (χ0) is 22.1. The van der Waals surface area contributed by atoms with E-state index in [1.165, 1.54) is 6.20 Å². The molecule has 2 rings (SSSR count). The van der Waals surface area contributed by atoms with Gasteiger partial charge in [-0.2, -0.15) is 0 Å². The fourth-order valence-corrected chi connectivity index (χ4v) is 3.40. The predicted octanol–water partition coefficient (Wildman–Crippen LogP) is 4.04. The highest BCUT2D eigenvalue weighted by Gasteiger charge is 2.23. The van der Waals surface area contributed by atoms with E-state index in [0.29, 0.717) is 11.8 Å². The third-order valence-electron chi connectivity index (χ3n) is 4.93. The van der Waals surface area contributed by atoms with Crippen molar-refractivity contribution in [3.63, 3.8) is 0 Å². The van der Waals surface area contributed by atoms with E-state index in [0.717, 1.165) is 56.1 Å². The molecular weight excluding hydrogens is 376 g/mol. The second kappa shape index (κ2) is 11.1. The molecule has 1 saturated heterocycles. The molecular formula is C24H38N4O2. The van der Waals surface area contributed by atoms with Crippen LogP contribution in [0.1, 0.15) is 33.6 Å². The number of benzene rings is 1. The molecule has 1 aliphatic rings. The Hall–Kier alpha value is -2.47. The van der Waals surface area contributed by atoms with Crippen molar-refractivity contribution in [2.75, 3.05) is 45.2 Å². The van der Waals surface area contributed by atoms with Gasteiger partial charge in [0.15, 0.2) is 0 Å². The largest absolute Gasteiger partial charge is 0.491 e. The molecule has 0 unspecified atom stereocenters. The highest BCUT2D eigenvalue weighted by molar-refractivity contribution is 5.94. The van der Waals surface area contributed by atoms with Crippen molar-refractivity contribution in [1.82, 2.24) is 4.90 Å². The van der Waals surface area contributed by atoms with E-state index in [9.17, 15) is 0 Å². The van der Waals surface area contributed by atoms with Crippen LogP contribution in [0.4, 0.5) is 5.69 Å². The van der Waals surface area contributed by atoms with Crippen LogP contribution in [0.15, 0.2) is 53.8 Å². The van der Waals surface area contributed by atoms with E-state index in [-0.39, 0.29) is 5.60 Å². The molecule has 6 nitrogen and oxygen atoms in total. The first-order valence-corrected chi connectivity index (χ1v) is 10.6. The number of rotatable bonds is 8. The summed E-state index contributed by atoms with van der Waals surface area (Å²) in [6.07, 6.45) is 5.15. The summed E-state index contributed by atoms with van der Waals surface area (Å²) in [6.45, 7) is 13.7. The Morgan fingerprint density at radius 2 is 1.93 bits per heavy atom. The van der Waals surface area contributed by atoms with Crippen molar-refractivity contribution < 1.29 is 9.47 Å². The summed E-state index contributed by atoms with van der Waals surface area (Å²) in [6, 6.07) is 8.19. The molecule has 1 aromatic carbocycles. The van der Waals surface area contributed by atoms with Crippen LogP contribution >= 0.6 is 0 Å². The van der Waals surface area contributed by atoms with Crippen molar-refractivity contribution >= 4 is 11.6 Å². The van der Waals surface area contributed by atoms with Gasteiger partial charge in [-0.3, -0.25) is 4.90 Å². The number of para-hydroxylation sites is 2. The highest BCUT2D eigenvalue weighted by atomic mass is 16.5. The van der Waals surface area contributed by atoms with E-state index in [1.54, 1.807) is 6.20 Å². The lowest BCUT2D eigenvalue weighted by Gasteiger charge is -2.33. The van der Waals surface area contributed by atoms with Crippen molar-refractivity contribution in [2.45, 2.75) is 39.2 Å². The van der Waals surface area contributed by atoms with Crippen LogP contribution < -0.4 is 15.4 Å². The van der Waals surface area contributed by atoms with Crippen molar-refractivity contribution in [2.24, 2.45) is 16.6 Å². The monoisotopic (exact) mass is 414 g/mol. The highest BCUT2D eigenvalue weighted by Crippen LogP contribution is 2.28. The number of aliphatic imine (C=N–C) groups is 1. The minimum atomic E-state index is -0.336. The van der Waals surface area contributed by atoms with Crippen molar-refractivity contribution in [1.29, 1.82) is 0 Å². The first kappa shape index (κ1) is 23.8. The number of ether oxygens (including phenoxy) is 2. The average molecular weight is 415 g/mol. The molecule has 30 heavy (non-hydrogen) atoms. The SMILES string of the molecule is C=C(CN1CCC(COc2ccccc2N(C)C)CC1)C(=N/C=C\N)OC(C)(C)C. The Morgan fingerprint density at radius 1 is 1.27 bits per heavy atom. The average Bonchev–Trinajstić information content (AvgIpc) is 2.69. The number of anilines is 1. The number of hydrogen-bond acceptors (Lipinski definition) is 6. The number of hydrogen-bond donors (Lipinski definition) is 1. The first-order valence-electron chi connectivity index (χ1n) is 10.6. The van der Waals surface area contributed by atoms with Gasteiger partial charge >= 0.3 is 0 Å². The zero-order valence-corrected chi connectivity index (χ0v) is 19.2. The molecule has 1 aromatic rings. The molecule has 1 heterocycles. The van der Waals surface area contributed by atoms with Crippen LogP contribution in [0.5, 0.6) is 5.75 Å². The lowest BCUT2D eigenvalue weighted by atomic mass is 9.97. The van der Waals surface area contributed by atoms with E-state index in [1.807, 2.05) is 53.1 Å². The molecule has 6 heteroatoms. The van der Waals surface area contributed by atoms with Gasteiger partial charge in [0.1, 0.15) is 11.4 Å². The number of piperidine rings is 1. The van der Waals surface area contributed by atoms with Crippen LogP contribution in [0, 0.1) is 5.92 Å². The van der Waals surface area contributed by atoms with E-state index < -0.39 is 0 Å². The van der Waals surface area contributed by atoms with Crippen LogP contribution in [0.3, 0.4) is 0 Å². The molecule has 0 atom stereocenters. The van der Waals surface area contributed by atoms with Gasteiger partial charge < -0.3 is 20.1 Å². The number of nitrogens with zero attached hydrogens (tertiary/aromatic N) is 3. The molecule has 0 spiro atoms. The molecule has 1 aliphatic heterocycles. The van der Waals surface area contributed by atoms with Gasteiger partial charge in [0.25, 0.3) is 0 Å². The lowest BCUT2D eigenvalue weighted by molar-refractivity contribution is 0.114. The molecule has 0 aliphatic carbocycles. The van der Waals surface area contributed by atoms with Gasteiger partial charge in [-0.25, -0.2) is 4.99 Å². The van der Waals surface area contributed by atoms with E-state index in [4.69, 9.17) is 15.2 Å². The minimum Gasteiger partial charge on any atom is -0.491 e. The van der Waals surface area contributed by atoms with Crippen LogP contribution in [-0.4, -0.2) is 56.7 Å². The summed E-state index contributed by atoms with van der Waals surface area (Å²) >= 11 is 0. The summed E-state index contributed by atoms with van der Waals surface area (Å²) < 4.78 is 12.1. The molecule has 1 fully saturated rings. The predicted molar refractivity (Wildman–Crippen MR) is 126 cm³/mol. The minimum absolute atomic E-state index is 0.336. The Morgan fingerprint density at radius 3 is 2.53 bits per heavy atom. The molecule has 2 N–H and O–H groups in total. The van der Waals surface area contributed by atoms with Gasteiger partial charge in [0.2, 0.25) is 5.90 Å². The Balaban J connectivity index is 1.84. The summed E-state index contributed by atoms with van der Waals surface area (Å²) in [4.78, 5) is 8.82. The molecule has 166 valence electrons. The fourth-order valence-electron chi connectivity index (χ4n) is 3.40. The summed E-state index contributed by atoms with van der Waals surface area (Å²) in [5.74, 6) is 2.06. The van der Waals surface area contributed by atoms with E-state index >= 15 is 0 Å². The summed E-state index contributed by atoms with van der Waals surface area (Å²) in [7, 11) is 4.08. The van der Waals surface area contributed by atoms with Crippen LogP contribution in [0.2, 0.25) is 0 Å². The normalized spacial score (nSPS) is 16.6. The van der Waals surface area contributed by atoms with Gasteiger partial charge in [-0.1, -0.05) is 18.7 Å². The van der Waals surface area contributed by atoms with Crippen molar-refractivity contribution in [3.05, 3.63) is 48.8 Å². The van der Waals surface area contributed by atoms with Gasteiger partial charge in [0.05, 0.1) is 12.3 Å². The van der Waals surface area contributed by atoms with Crippen molar-refractivity contribution in [3.8, 4) is 5.75 Å². The Kier molecular flexibility index (Phi) is 8.78. The second-order valence-corrected chi connectivity index (χ2v) is 8.99. The number of likely N-dealkylation sites (tertiary alicyclic amines) is 1. The topological polar surface area (TPSA) is 63.3 Å². The quantitative estimate of drug-likeness (QED) is 0.514. The summed E-state index contributed by atoms with van der Waals surface area (Å²) in [5.41, 5.74) is 7.09. The third kappa shape index (κ3) is 7.75. The fraction of sp³-hybridized carbons (Fsp3) is 0.542. The molecule has 0 bridgehead atoms. The molecule has 0 radical (unpaired) electrons. The maximum absolute atomic E-state index is 6.16. The molecule has 0 amide bonds. The zero-order valence-electron chi connectivity index (χ0n) is 19.2. The van der Waals surface area contributed by atoms with Gasteiger partial charge in [0, 0.05) is 38.6 Å². The van der Waals surface area contributed by atoms with Gasteiger partial charge in [-0.05, 0) is 64.8 Å². The van der Waals surface area contributed by atoms with Crippen LogP contribution in [0.25, 0.3) is 0 Å². The Labute approximate surface area is 182 Å². The molecule has 0 saturated carbocycles. The maximum atomic E-state index is 6.16. The lowest BCUT2D eigenvalue weighted by Crippen LogP contribution is -2.38. The smallest absolute Gasteiger partial charge is 0.217 e. The number of nitrogens with two attached hydrogens (primary N) is 1. The van der Waals surface area contributed by atoms with E-state index in [2.05, 4.69) is 27.4 Å². The standard InChI is InChI=1S/C24H38N4O2/c1-19(23(26-14-13-25)30-24(2,3)4)17-28-15-11-20(12-16-28)18-29-22-10-8-7-9-21(22)27(5)6/h7-10,13-14,20H,1,11-12,15-18,25H2,2-6H3/b14-13-,26-23?. The first-order chi connectivity index (χ1) is 14.2. The van der Waals surface area contributed by atoms with Gasteiger partial charge in [-0.15, -0.1) is 0 Å². The van der Waals surface area contributed by atoms with Crippen LogP contribution in [-0.2, 0) is 4.74 Å².